The van der Waals surface area contributed by atoms with Crippen molar-refractivity contribution in [2.75, 3.05) is 0 Å². The molecule has 0 bridgehead atoms. The van der Waals surface area contributed by atoms with Gasteiger partial charge in [0.15, 0.2) is 0 Å². The molecule has 1 aromatic rings. The summed E-state index contributed by atoms with van der Waals surface area (Å²) in [6, 6.07) is 4.21. The molecule has 3 nitrogen and oxygen atoms in total. The van der Waals surface area contributed by atoms with Crippen LogP contribution in [0.4, 0.5) is 0 Å². The molecule has 0 atom stereocenters. The maximum atomic E-state index is 6.69. The number of oxime groups is 1. The summed E-state index contributed by atoms with van der Waals surface area (Å²) in [5, 5.41) is 4.90. The van der Waals surface area contributed by atoms with Crippen LogP contribution < -0.4 is 4.43 Å². The highest BCUT2D eigenvalue weighted by molar-refractivity contribution is 6.70. The SMILES string of the molecule is CC(C)(C)CC(C)(C)c1cc(Cl)c(O[Si](C)(C)C)c(C=NO[Si](C)(C)C)c1. The summed E-state index contributed by atoms with van der Waals surface area (Å²) in [7, 11) is -3.55. The lowest BCUT2D eigenvalue weighted by molar-refractivity contribution is 0.284. The normalized spacial score (nSPS) is 13.9. The lowest BCUT2D eigenvalue weighted by atomic mass is 9.72. The molecule has 0 unspecified atom stereocenters. The predicted molar refractivity (Wildman–Crippen MR) is 125 cm³/mol. The van der Waals surface area contributed by atoms with Crippen LogP contribution >= 0.6 is 11.6 Å². The zero-order valence-corrected chi connectivity index (χ0v) is 21.8. The van der Waals surface area contributed by atoms with Gasteiger partial charge in [-0.1, -0.05) is 46.2 Å². The van der Waals surface area contributed by atoms with E-state index in [1.807, 2.05) is 0 Å². The maximum Gasteiger partial charge on any atom is 0.278 e. The number of halogens is 1. The molecule has 0 aliphatic rings. The molecule has 1 aromatic carbocycles. The molecule has 6 heteroatoms. The third-order valence-corrected chi connectivity index (χ3v) is 5.50. The Morgan fingerprint density at radius 2 is 1.52 bits per heavy atom. The number of nitrogens with zero attached hydrogens (tertiary/aromatic N) is 1. The summed E-state index contributed by atoms with van der Waals surface area (Å²) in [6.07, 6.45) is 2.81. The second-order valence-electron chi connectivity index (χ2n) is 11.2. The molecular formula is C21H38ClNO2Si2. The van der Waals surface area contributed by atoms with Crippen molar-refractivity contribution in [1.82, 2.24) is 0 Å². The van der Waals surface area contributed by atoms with Gasteiger partial charge in [-0.25, -0.2) is 0 Å². The molecule has 154 valence electrons. The minimum Gasteiger partial charge on any atom is -0.543 e. The van der Waals surface area contributed by atoms with Gasteiger partial charge in [-0.05, 0) is 74.2 Å². The standard InChI is InChI=1S/C21H38ClNO2Si2/c1-20(2,3)15-21(4,5)17-12-16(14-23-25-27(9,10)11)19(18(22)13-17)24-26(6,7)8/h12-14H,15H2,1-11H3. The minimum absolute atomic E-state index is 0.0121. The van der Waals surface area contributed by atoms with E-state index < -0.39 is 16.6 Å². The van der Waals surface area contributed by atoms with Crippen LogP contribution in [0.5, 0.6) is 5.75 Å². The molecule has 0 aliphatic carbocycles. The smallest absolute Gasteiger partial charge is 0.278 e. The average Bonchev–Trinajstić information content (AvgIpc) is 2.36. The van der Waals surface area contributed by atoms with Gasteiger partial charge in [0.25, 0.3) is 8.32 Å². The average molecular weight is 428 g/mol. The van der Waals surface area contributed by atoms with Gasteiger partial charge in [0.2, 0.25) is 8.32 Å². The van der Waals surface area contributed by atoms with Crippen LogP contribution in [0.1, 0.15) is 52.2 Å². The molecule has 0 aromatic heterocycles. The summed E-state index contributed by atoms with van der Waals surface area (Å²) >= 11 is 6.69. The molecule has 0 saturated carbocycles. The molecule has 0 N–H and O–H groups in total. The van der Waals surface area contributed by atoms with Crippen molar-refractivity contribution in [2.45, 2.75) is 85.7 Å². The Morgan fingerprint density at radius 1 is 0.963 bits per heavy atom. The van der Waals surface area contributed by atoms with Crippen LogP contribution in [0.2, 0.25) is 44.3 Å². The highest BCUT2D eigenvalue weighted by atomic mass is 35.5. The van der Waals surface area contributed by atoms with E-state index in [1.165, 1.54) is 5.56 Å². The molecule has 0 radical (unpaired) electrons. The van der Waals surface area contributed by atoms with Gasteiger partial charge in [0.1, 0.15) is 5.75 Å². The first-order valence-electron chi connectivity index (χ1n) is 9.64. The van der Waals surface area contributed by atoms with E-state index in [9.17, 15) is 0 Å². The van der Waals surface area contributed by atoms with Gasteiger partial charge in [-0.15, -0.1) is 5.16 Å². The van der Waals surface area contributed by atoms with E-state index in [4.69, 9.17) is 20.6 Å². The fraction of sp³-hybridized carbons (Fsp3) is 0.667. The Balaban J connectivity index is 3.42. The summed E-state index contributed by atoms with van der Waals surface area (Å²) < 4.78 is 12.0. The summed E-state index contributed by atoms with van der Waals surface area (Å²) in [4.78, 5) is 0. The Kier molecular flexibility index (Phi) is 7.45. The monoisotopic (exact) mass is 427 g/mol. The van der Waals surface area contributed by atoms with E-state index in [0.717, 1.165) is 12.0 Å². The van der Waals surface area contributed by atoms with Crippen LogP contribution in [-0.4, -0.2) is 22.8 Å². The number of hydrogen-bond acceptors (Lipinski definition) is 3. The lowest BCUT2D eigenvalue weighted by Gasteiger charge is -2.34. The fourth-order valence-electron chi connectivity index (χ4n) is 3.18. The molecule has 0 heterocycles. The van der Waals surface area contributed by atoms with E-state index in [0.29, 0.717) is 10.8 Å². The molecule has 0 aliphatic heterocycles. The molecule has 0 saturated heterocycles. The van der Waals surface area contributed by atoms with Gasteiger partial charge in [-0.3, -0.25) is 0 Å². The third kappa shape index (κ3) is 8.84. The van der Waals surface area contributed by atoms with Gasteiger partial charge < -0.3 is 8.95 Å². The highest BCUT2D eigenvalue weighted by Gasteiger charge is 2.29. The number of benzene rings is 1. The minimum atomic E-state index is -1.82. The Hall–Kier alpha value is -0.786. The van der Waals surface area contributed by atoms with E-state index in [-0.39, 0.29) is 10.8 Å². The summed E-state index contributed by atoms with van der Waals surface area (Å²) in [5.74, 6) is 0.717. The van der Waals surface area contributed by atoms with E-state index >= 15 is 0 Å². The van der Waals surface area contributed by atoms with Gasteiger partial charge in [-0.2, -0.15) is 0 Å². The van der Waals surface area contributed by atoms with Crippen molar-refractivity contribution in [3.63, 3.8) is 0 Å². The van der Waals surface area contributed by atoms with Crippen LogP contribution in [0.3, 0.4) is 0 Å². The Labute approximate surface area is 173 Å². The van der Waals surface area contributed by atoms with Crippen molar-refractivity contribution in [3.8, 4) is 5.75 Å². The first-order chi connectivity index (χ1) is 11.9. The van der Waals surface area contributed by atoms with Crippen LogP contribution in [0.25, 0.3) is 0 Å². The van der Waals surface area contributed by atoms with Crippen molar-refractivity contribution < 1.29 is 8.95 Å². The second kappa shape index (κ2) is 8.30. The summed E-state index contributed by atoms with van der Waals surface area (Å²) in [6.45, 7) is 24.1. The van der Waals surface area contributed by atoms with Gasteiger partial charge in [0.05, 0.1) is 11.2 Å². The molecular weight excluding hydrogens is 390 g/mol. The largest absolute Gasteiger partial charge is 0.543 e. The van der Waals surface area contributed by atoms with Crippen molar-refractivity contribution in [1.29, 1.82) is 0 Å². The first kappa shape index (κ1) is 24.3. The van der Waals surface area contributed by atoms with E-state index in [2.05, 4.69) is 91.2 Å². The number of rotatable bonds is 7. The highest BCUT2D eigenvalue weighted by Crippen LogP contribution is 2.40. The van der Waals surface area contributed by atoms with Gasteiger partial charge >= 0.3 is 0 Å². The number of hydrogen-bond donors (Lipinski definition) is 0. The van der Waals surface area contributed by atoms with Gasteiger partial charge in [0, 0.05) is 5.56 Å². The zero-order valence-electron chi connectivity index (χ0n) is 19.1. The second-order valence-corrected chi connectivity index (χ2v) is 20.4. The summed E-state index contributed by atoms with van der Waals surface area (Å²) in [5.41, 5.74) is 2.29. The van der Waals surface area contributed by atoms with Crippen molar-refractivity contribution >= 4 is 34.5 Å². The first-order valence-corrected chi connectivity index (χ1v) is 16.8. The molecule has 1 rings (SSSR count). The van der Waals surface area contributed by atoms with E-state index in [1.54, 1.807) is 6.21 Å². The molecule has 0 amide bonds. The quantitative estimate of drug-likeness (QED) is 0.257. The Morgan fingerprint density at radius 3 is 1.96 bits per heavy atom. The topological polar surface area (TPSA) is 30.8 Å². The van der Waals surface area contributed by atoms with Crippen LogP contribution in [0.15, 0.2) is 17.3 Å². The zero-order chi connectivity index (χ0) is 21.3. The van der Waals surface area contributed by atoms with Crippen molar-refractivity contribution in [3.05, 3.63) is 28.3 Å². The molecule has 27 heavy (non-hydrogen) atoms. The van der Waals surface area contributed by atoms with Crippen LogP contribution in [0, 0.1) is 5.41 Å². The third-order valence-electron chi connectivity index (χ3n) is 3.75. The Bertz CT molecular complexity index is 681. The van der Waals surface area contributed by atoms with Crippen LogP contribution in [-0.2, 0) is 9.94 Å². The van der Waals surface area contributed by atoms with Crippen molar-refractivity contribution in [2.24, 2.45) is 10.6 Å². The molecule has 0 fully saturated rings. The maximum absolute atomic E-state index is 6.69. The lowest BCUT2D eigenvalue weighted by Crippen LogP contribution is -2.30. The predicted octanol–water partition coefficient (Wildman–Crippen LogP) is 7.45. The molecule has 0 spiro atoms. The fourth-order valence-corrected chi connectivity index (χ4v) is 4.72.